The number of thiophene rings is 1. The smallest absolute Gasteiger partial charge is 0.110 e. The second kappa shape index (κ2) is 2.57. The van der Waals surface area contributed by atoms with E-state index in [4.69, 9.17) is 11.0 Å². The lowest BCUT2D eigenvalue weighted by Gasteiger charge is -1.97. The quantitative estimate of drug-likeness (QED) is 0.740. The molecule has 1 aliphatic carbocycles. The van der Waals surface area contributed by atoms with Crippen molar-refractivity contribution < 1.29 is 0 Å². The largest absolute Gasteiger partial charge is 0.327 e. The third-order valence-electron chi connectivity index (χ3n) is 2.95. The Morgan fingerprint density at radius 2 is 2.15 bits per heavy atom. The minimum absolute atomic E-state index is 0.220. The van der Waals surface area contributed by atoms with Gasteiger partial charge in [-0.05, 0) is 17.5 Å². The molecule has 0 aliphatic heterocycles. The van der Waals surface area contributed by atoms with Gasteiger partial charge in [0.05, 0.1) is 0 Å². The van der Waals surface area contributed by atoms with E-state index >= 15 is 0 Å². The van der Waals surface area contributed by atoms with Gasteiger partial charge in [0.1, 0.15) is 10.9 Å². The van der Waals surface area contributed by atoms with Crippen LogP contribution in [0.3, 0.4) is 0 Å². The summed E-state index contributed by atoms with van der Waals surface area (Å²) in [7, 11) is 0. The summed E-state index contributed by atoms with van der Waals surface area (Å²) in [6.45, 7) is 4.35. The number of rotatable bonds is 1. The Bertz CT molecular complexity index is 373. The molecule has 0 radical (unpaired) electrons. The van der Waals surface area contributed by atoms with E-state index in [0.29, 0.717) is 5.92 Å². The molecule has 2 nitrogen and oxygen atoms in total. The van der Waals surface area contributed by atoms with Crippen molar-refractivity contribution in [2.75, 3.05) is 0 Å². The summed E-state index contributed by atoms with van der Waals surface area (Å²) in [5.74, 6) is 0.458. The second-order valence-electron chi connectivity index (χ2n) is 4.14. The third-order valence-corrected chi connectivity index (χ3v) is 4.03. The Hall–Kier alpha value is -0.850. The minimum atomic E-state index is 0.220. The summed E-state index contributed by atoms with van der Waals surface area (Å²) in [4.78, 5) is 2.04. The van der Waals surface area contributed by atoms with Crippen LogP contribution in [0.2, 0.25) is 0 Å². The predicted molar refractivity (Wildman–Crippen MR) is 53.5 cm³/mol. The van der Waals surface area contributed by atoms with Crippen molar-refractivity contribution in [1.29, 1.82) is 5.26 Å². The van der Waals surface area contributed by atoms with Crippen LogP contribution in [0.4, 0.5) is 0 Å². The zero-order chi connectivity index (χ0) is 9.64. The maximum Gasteiger partial charge on any atom is 0.110 e. The zero-order valence-electron chi connectivity index (χ0n) is 7.74. The first-order chi connectivity index (χ1) is 6.07. The first kappa shape index (κ1) is 8.74. The van der Waals surface area contributed by atoms with Gasteiger partial charge in [-0.2, -0.15) is 5.26 Å². The van der Waals surface area contributed by atoms with Gasteiger partial charge in [-0.3, -0.25) is 0 Å². The van der Waals surface area contributed by atoms with Crippen molar-refractivity contribution in [3.05, 3.63) is 21.9 Å². The predicted octanol–water partition coefficient (Wildman–Crippen LogP) is 2.07. The number of hydrogen-bond acceptors (Lipinski definition) is 3. The lowest BCUT2D eigenvalue weighted by atomic mass is 10.1. The lowest BCUT2D eigenvalue weighted by Crippen LogP contribution is -2.06. The Morgan fingerprint density at radius 3 is 2.54 bits per heavy atom. The fourth-order valence-corrected chi connectivity index (χ4v) is 2.95. The molecule has 1 saturated carbocycles. The highest BCUT2D eigenvalue weighted by Crippen LogP contribution is 2.58. The van der Waals surface area contributed by atoms with Crippen LogP contribution in [-0.2, 0) is 0 Å². The van der Waals surface area contributed by atoms with Gasteiger partial charge >= 0.3 is 0 Å². The summed E-state index contributed by atoms with van der Waals surface area (Å²) in [5.41, 5.74) is 6.17. The van der Waals surface area contributed by atoms with Crippen molar-refractivity contribution in [3.8, 4) is 6.07 Å². The van der Waals surface area contributed by atoms with E-state index in [1.165, 1.54) is 4.88 Å². The van der Waals surface area contributed by atoms with Crippen LogP contribution < -0.4 is 5.73 Å². The molecule has 0 aromatic carbocycles. The van der Waals surface area contributed by atoms with Gasteiger partial charge in [-0.15, -0.1) is 11.3 Å². The second-order valence-corrected chi connectivity index (χ2v) is 5.25. The van der Waals surface area contributed by atoms with Crippen LogP contribution in [0.1, 0.15) is 29.5 Å². The van der Waals surface area contributed by atoms with Crippen molar-refractivity contribution in [3.63, 3.8) is 0 Å². The zero-order valence-corrected chi connectivity index (χ0v) is 8.56. The average Bonchev–Trinajstić information content (AvgIpc) is 2.55. The van der Waals surface area contributed by atoms with Gasteiger partial charge in [0, 0.05) is 16.8 Å². The maximum atomic E-state index is 8.68. The van der Waals surface area contributed by atoms with Crippen molar-refractivity contribution >= 4 is 11.3 Å². The fourth-order valence-electron chi connectivity index (χ4n) is 1.80. The number of hydrogen-bond donors (Lipinski definition) is 1. The minimum Gasteiger partial charge on any atom is -0.327 e. The molecular weight excluding hydrogens is 180 g/mol. The van der Waals surface area contributed by atoms with E-state index in [1.807, 2.05) is 12.1 Å². The molecule has 1 heterocycles. The molecule has 1 aliphatic rings. The van der Waals surface area contributed by atoms with Gasteiger partial charge in [-0.1, -0.05) is 13.8 Å². The summed E-state index contributed by atoms with van der Waals surface area (Å²) in [6, 6.07) is 6.32. The molecule has 0 amide bonds. The fraction of sp³-hybridized carbons (Fsp3) is 0.500. The highest BCUT2D eigenvalue weighted by molar-refractivity contribution is 7.12. The monoisotopic (exact) mass is 192 g/mol. The molecule has 68 valence electrons. The molecule has 1 fully saturated rings. The van der Waals surface area contributed by atoms with Crippen LogP contribution >= 0.6 is 11.3 Å². The topological polar surface area (TPSA) is 49.8 Å². The van der Waals surface area contributed by atoms with E-state index in [9.17, 15) is 0 Å². The molecule has 13 heavy (non-hydrogen) atoms. The molecule has 1 aromatic rings. The molecular formula is C10H12N2S. The highest BCUT2D eigenvalue weighted by atomic mass is 32.1. The molecule has 3 heteroatoms. The summed E-state index contributed by atoms with van der Waals surface area (Å²) < 4.78 is 0. The number of nitrogens with zero attached hydrogens (tertiary/aromatic N) is 1. The number of nitrogens with two attached hydrogens (primary N) is 1. The Labute approximate surface area is 82.0 Å². The molecule has 2 rings (SSSR count). The molecule has 0 unspecified atom stereocenters. The summed E-state index contributed by atoms with van der Waals surface area (Å²) in [6.07, 6.45) is 0. The van der Waals surface area contributed by atoms with Gasteiger partial charge in [0.25, 0.3) is 0 Å². The molecule has 2 N–H and O–H groups in total. The molecule has 2 atom stereocenters. The third kappa shape index (κ3) is 1.18. The van der Waals surface area contributed by atoms with Gasteiger partial charge < -0.3 is 5.73 Å². The molecule has 0 saturated heterocycles. The van der Waals surface area contributed by atoms with Crippen molar-refractivity contribution in [2.45, 2.75) is 25.8 Å². The van der Waals surface area contributed by atoms with E-state index in [-0.39, 0.29) is 11.5 Å². The first-order valence-electron chi connectivity index (χ1n) is 4.33. The van der Waals surface area contributed by atoms with Crippen LogP contribution in [0.15, 0.2) is 12.1 Å². The molecule has 0 bridgehead atoms. The average molecular weight is 192 g/mol. The normalized spacial score (nSPS) is 29.7. The summed E-state index contributed by atoms with van der Waals surface area (Å²) >= 11 is 1.57. The van der Waals surface area contributed by atoms with E-state index in [1.54, 1.807) is 11.3 Å². The first-order valence-corrected chi connectivity index (χ1v) is 5.14. The number of nitriles is 1. The van der Waals surface area contributed by atoms with E-state index in [2.05, 4.69) is 19.9 Å². The van der Waals surface area contributed by atoms with E-state index < -0.39 is 0 Å². The van der Waals surface area contributed by atoms with Gasteiger partial charge in [0.2, 0.25) is 0 Å². The molecule has 1 aromatic heterocycles. The Kier molecular flexibility index (Phi) is 1.73. The maximum absolute atomic E-state index is 8.68. The highest BCUT2D eigenvalue weighted by Gasteiger charge is 2.56. The van der Waals surface area contributed by atoms with Crippen molar-refractivity contribution in [1.82, 2.24) is 0 Å². The Balaban J connectivity index is 2.26. The van der Waals surface area contributed by atoms with Crippen LogP contribution in [0, 0.1) is 16.7 Å². The standard InChI is InChI=1S/C10H12N2S/c1-10(2)8(9(10)12)7-4-3-6(5-11)13-7/h3-4,8-9H,12H2,1-2H3/t8-,9-/m0/s1. The summed E-state index contributed by atoms with van der Waals surface area (Å²) in [5, 5.41) is 8.68. The van der Waals surface area contributed by atoms with Crippen LogP contribution in [0.25, 0.3) is 0 Å². The van der Waals surface area contributed by atoms with Gasteiger partial charge in [0.15, 0.2) is 0 Å². The SMILES string of the molecule is CC1(C)[C@@H](N)[C@@H]1c1ccc(C#N)s1. The van der Waals surface area contributed by atoms with Crippen LogP contribution in [-0.4, -0.2) is 6.04 Å². The lowest BCUT2D eigenvalue weighted by molar-refractivity contribution is 0.601. The van der Waals surface area contributed by atoms with Gasteiger partial charge in [-0.25, -0.2) is 0 Å². The van der Waals surface area contributed by atoms with E-state index in [0.717, 1.165) is 4.88 Å². The van der Waals surface area contributed by atoms with Crippen molar-refractivity contribution in [2.24, 2.45) is 11.1 Å². The molecule has 0 spiro atoms. The Morgan fingerprint density at radius 1 is 1.54 bits per heavy atom. The van der Waals surface area contributed by atoms with Crippen LogP contribution in [0.5, 0.6) is 0 Å².